The molecule has 5 aromatic rings. The topological polar surface area (TPSA) is 325 Å². The molecule has 0 unspecified atom stereocenters. The first-order chi connectivity index (χ1) is 25.2. The molecule has 0 fully saturated rings. The summed E-state index contributed by atoms with van der Waals surface area (Å²) in [5.41, 5.74) is -1.05. The Morgan fingerprint density at radius 1 is 0.778 bits per heavy atom. The number of hydrazone groups is 1. The monoisotopic (exact) mass is 817 g/mol. The molecule has 278 valence electrons. The second-order valence-electron chi connectivity index (χ2n) is 11.0. The lowest BCUT2D eigenvalue weighted by Gasteiger charge is -2.21. The van der Waals surface area contributed by atoms with Crippen molar-refractivity contribution in [1.82, 2.24) is 15.0 Å². The summed E-state index contributed by atoms with van der Waals surface area (Å²) in [6.45, 7) is 0. The molecule has 0 aliphatic heterocycles. The van der Waals surface area contributed by atoms with E-state index in [9.17, 15) is 53.6 Å². The van der Waals surface area contributed by atoms with E-state index < -0.39 is 108 Å². The first-order valence-corrected chi connectivity index (χ1v) is 19.1. The fourth-order valence-electron chi connectivity index (χ4n) is 5.22. The van der Waals surface area contributed by atoms with Crippen LogP contribution in [0.4, 0.5) is 29.0 Å². The molecule has 1 aliphatic rings. The zero-order chi connectivity index (χ0) is 39.3. The first kappa shape index (κ1) is 37.7. The zero-order valence-electron chi connectivity index (χ0n) is 26.3. The minimum Gasteiger partial charge on any atom is -0.507 e. The number of hydrogen-bond donors (Lipinski definition) is 8. The lowest BCUT2D eigenvalue weighted by Crippen LogP contribution is -2.28. The molecule has 20 nitrogen and oxygen atoms in total. The number of carbonyl (C=O) groups is 2. The summed E-state index contributed by atoms with van der Waals surface area (Å²) in [6, 6.07) is 13.4. The van der Waals surface area contributed by atoms with E-state index in [4.69, 9.17) is 16.7 Å². The Bertz CT molecular complexity index is 2870. The molecule has 54 heavy (non-hydrogen) atoms. The van der Waals surface area contributed by atoms with Crippen molar-refractivity contribution in [1.29, 1.82) is 0 Å². The lowest BCUT2D eigenvalue weighted by atomic mass is 9.93. The number of halogens is 1. The van der Waals surface area contributed by atoms with Gasteiger partial charge in [0.2, 0.25) is 23.0 Å². The molecule has 4 aromatic carbocycles. The van der Waals surface area contributed by atoms with Crippen LogP contribution < -0.4 is 16.1 Å². The Balaban J connectivity index is 1.47. The number of anilines is 5. The molecule has 0 spiro atoms. The summed E-state index contributed by atoms with van der Waals surface area (Å²) in [5, 5.41) is 28.1. The highest BCUT2D eigenvalue weighted by Crippen LogP contribution is 2.36. The van der Waals surface area contributed by atoms with Crippen molar-refractivity contribution in [2.45, 2.75) is 9.79 Å². The van der Waals surface area contributed by atoms with Gasteiger partial charge in [-0.1, -0.05) is 30.3 Å². The number of phenols is 1. The normalized spacial score (nSPS) is 14.0. The highest BCUT2D eigenvalue weighted by atomic mass is 35.5. The summed E-state index contributed by atoms with van der Waals surface area (Å²) in [5.74, 6) is -4.13. The molecule has 8 N–H and O–H groups in total. The van der Waals surface area contributed by atoms with E-state index >= 15 is 0 Å². The Labute approximate surface area is 308 Å². The number of nitrogens with one attached hydrogen (secondary N) is 3. The van der Waals surface area contributed by atoms with Crippen molar-refractivity contribution in [3.8, 4) is 5.75 Å². The molecular formula is C30H20ClN7O13S3. The van der Waals surface area contributed by atoms with Gasteiger partial charge in [-0.3, -0.25) is 23.9 Å². The van der Waals surface area contributed by atoms with Crippen molar-refractivity contribution in [2.24, 2.45) is 5.10 Å². The number of carboxylic acids is 1. The van der Waals surface area contributed by atoms with Crippen LogP contribution >= 0.6 is 11.6 Å². The van der Waals surface area contributed by atoms with Crippen LogP contribution in [0.2, 0.25) is 5.28 Å². The fourth-order valence-corrected chi connectivity index (χ4v) is 7.44. The van der Waals surface area contributed by atoms with E-state index in [0.717, 1.165) is 24.3 Å². The fraction of sp³-hybridized carbons (Fsp3) is 0. The number of aromatic nitrogens is 3. The van der Waals surface area contributed by atoms with Crippen LogP contribution in [-0.4, -0.2) is 81.5 Å². The Kier molecular flexibility index (Phi) is 9.57. The third kappa shape index (κ3) is 7.67. The molecule has 6 rings (SSSR count). The Morgan fingerprint density at radius 3 is 2.09 bits per heavy atom. The van der Waals surface area contributed by atoms with Gasteiger partial charge in [0.25, 0.3) is 30.4 Å². The number of Topliss-reactive ketones (excluding diaryl/α,β-unsaturated/α-hetero) is 1. The molecule has 0 radical (unpaired) electrons. The molecule has 0 atom stereocenters. The molecule has 0 saturated heterocycles. The number of benzene rings is 4. The lowest BCUT2D eigenvalue weighted by molar-refractivity contribution is 0.0693. The predicted molar refractivity (Wildman–Crippen MR) is 191 cm³/mol. The molecule has 1 aliphatic carbocycles. The zero-order valence-corrected chi connectivity index (χ0v) is 29.5. The van der Waals surface area contributed by atoms with Gasteiger partial charge in [-0.05, 0) is 59.0 Å². The summed E-state index contributed by atoms with van der Waals surface area (Å²) < 4.78 is 104. The van der Waals surface area contributed by atoms with Gasteiger partial charge < -0.3 is 20.8 Å². The van der Waals surface area contributed by atoms with Crippen molar-refractivity contribution < 1.29 is 58.7 Å². The van der Waals surface area contributed by atoms with Gasteiger partial charge in [-0.2, -0.15) is 45.3 Å². The summed E-state index contributed by atoms with van der Waals surface area (Å²) >= 11 is 6.07. The van der Waals surface area contributed by atoms with Crippen molar-refractivity contribution in [3.63, 3.8) is 0 Å². The molecular weight excluding hydrogens is 798 g/mol. The molecule has 1 heterocycles. The van der Waals surface area contributed by atoms with Crippen molar-refractivity contribution >= 4 is 105 Å². The van der Waals surface area contributed by atoms with Gasteiger partial charge in [0.05, 0.1) is 21.8 Å². The minimum absolute atomic E-state index is 0.0271. The van der Waals surface area contributed by atoms with Crippen LogP contribution in [0.25, 0.3) is 16.8 Å². The molecule has 0 bridgehead atoms. The van der Waals surface area contributed by atoms with Gasteiger partial charge in [0, 0.05) is 17.1 Å². The van der Waals surface area contributed by atoms with E-state index in [1.165, 1.54) is 30.3 Å². The van der Waals surface area contributed by atoms with Crippen molar-refractivity contribution in [2.75, 3.05) is 16.1 Å². The number of hydrogen-bond acceptors (Lipinski definition) is 16. The SMILES string of the molecule is O=C(O)c1ccc(Nc2nc(Cl)nc(Nc3cc(S(=O)(=O)O)cc4c3C(=O)C(=NNc3ccc5ccccc5c3S(=O)(=O)O)C(S(=O)(=O)O)=C4)n2)cc1O. The third-order valence-corrected chi connectivity index (χ3v) is 10.3. The standard InChI is InChI=1S/C30H20ClN7O13S3/c31-28-34-29(32-15-6-7-18(27(41)42)21(39)11-15)36-30(35-28)33-20-12-16(52(43,44)45)9-14-10-22(53(46,47)48)24(25(40)23(14)20)38-37-19-8-5-13-3-1-2-4-17(13)26(19)54(49,50)51/h1-12,37,39H,(H,41,42)(H,43,44,45)(H,46,47,48)(H,49,50,51)(H2,32,33,34,35,36). The maximum Gasteiger partial charge on any atom is 0.339 e. The smallest absolute Gasteiger partial charge is 0.339 e. The number of carbonyl (C=O) groups excluding carboxylic acids is 1. The van der Waals surface area contributed by atoms with Gasteiger partial charge in [-0.15, -0.1) is 0 Å². The van der Waals surface area contributed by atoms with Gasteiger partial charge >= 0.3 is 5.97 Å². The molecule has 24 heteroatoms. The van der Waals surface area contributed by atoms with Crippen LogP contribution in [0.3, 0.4) is 0 Å². The van der Waals surface area contributed by atoms with Crippen LogP contribution in [0.5, 0.6) is 5.75 Å². The van der Waals surface area contributed by atoms with Gasteiger partial charge in [0.1, 0.15) is 21.1 Å². The van der Waals surface area contributed by atoms with E-state index in [1.807, 2.05) is 0 Å². The number of carboxylic acid groups (broad SMARTS) is 1. The van der Waals surface area contributed by atoms with Crippen LogP contribution in [-0.2, 0) is 30.4 Å². The van der Waals surface area contributed by atoms with Gasteiger partial charge in [0.15, 0.2) is 5.71 Å². The Morgan fingerprint density at radius 2 is 1.46 bits per heavy atom. The molecule has 1 aromatic heterocycles. The quantitative estimate of drug-likeness (QED) is 0.0730. The second kappa shape index (κ2) is 13.7. The number of ketones is 1. The number of nitrogens with zero attached hydrogens (tertiary/aromatic N) is 4. The van der Waals surface area contributed by atoms with E-state index in [1.54, 1.807) is 6.07 Å². The highest BCUT2D eigenvalue weighted by Gasteiger charge is 2.36. The van der Waals surface area contributed by atoms with E-state index in [-0.39, 0.29) is 17.0 Å². The Hall–Kier alpha value is -6.08. The summed E-state index contributed by atoms with van der Waals surface area (Å²) in [7, 11) is -15.4. The predicted octanol–water partition coefficient (Wildman–Crippen LogP) is 3.96. The van der Waals surface area contributed by atoms with Crippen LogP contribution in [0.15, 0.2) is 86.5 Å². The molecule has 0 saturated carbocycles. The van der Waals surface area contributed by atoms with Gasteiger partial charge in [-0.25, -0.2) is 4.79 Å². The van der Waals surface area contributed by atoms with E-state index in [2.05, 4.69) is 36.1 Å². The largest absolute Gasteiger partial charge is 0.507 e. The maximum absolute atomic E-state index is 14.1. The second-order valence-corrected chi connectivity index (χ2v) is 15.5. The number of fused-ring (bicyclic) bond motifs is 2. The third-order valence-electron chi connectivity index (χ3n) is 7.44. The molecule has 0 amide bonds. The highest BCUT2D eigenvalue weighted by molar-refractivity contribution is 7.91. The average molecular weight is 818 g/mol. The number of aromatic carboxylic acids is 1. The number of rotatable bonds is 10. The van der Waals surface area contributed by atoms with Crippen LogP contribution in [0.1, 0.15) is 26.3 Å². The van der Waals surface area contributed by atoms with Crippen molar-refractivity contribution in [3.05, 3.63) is 93.6 Å². The maximum atomic E-state index is 14.1. The summed E-state index contributed by atoms with van der Waals surface area (Å²) in [4.78, 5) is 34.4. The number of allylic oxidation sites excluding steroid dienone is 1. The van der Waals surface area contributed by atoms with Crippen LogP contribution in [0, 0.1) is 0 Å². The number of aromatic hydroxyl groups is 1. The first-order valence-electron chi connectivity index (χ1n) is 14.5. The van der Waals surface area contributed by atoms with E-state index in [0.29, 0.717) is 17.5 Å². The average Bonchev–Trinajstić information content (AvgIpc) is 3.05. The minimum atomic E-state index is -5.34. The summed E-state index contributed by atoms with van der Waals surface area (Å²) in [6.07, 6.45) is 0.650.